The second-order valence-electron chi connectivity index (χ2n) is 8.59. The smallest absolute Gasteiger partial charge is 0.279 e. The second-order valence-corrected chi connectivity index (χ2v) is 11.6. The van der Waals surface area contributed by atoms with E-state index in [1.54, 1.807) is 21.3 Å². The minimum absolute atomic E-state index is 0.0255. The Bertz CT molecular complexity index is 1350. The van der Waals surface area contributed by atoms with Gasteiger partial charge in [-0.2, -0.15) is 9.30 Å². The Balaban J connectivity index is 1.63. The largest absolute Gasteiger partial charge is 0.495 e. The van der Waals surface area contributed by atoms with Crippen LogP contribution in [0.15, 0.2) is 52.4 Å². The molecule has 35 heavy (non-hydrogen) atoms. The molecule has 3 aromatic rings. The van der Waals surface area contributed by atoms with Crippen molar-refractivity contribution in [1.29, 1.82) is 0 Å². The molecule has 8 nitrogen and oxygen atoms in total. The van der Waals surface area contributed by atoms with E-state index in [9.17, 15) is 13.2 Å². The molecule has 4 rings (SSSR count). The molecular formula is C25H31N3O5S2. The lowest BCUT2D eigenvalue weighted by atomic mass is 9.96. The topological polar surface area (TPSA) is 90.2 Å². The van der Waals surface area contributed by atoms with Crippen molar-refractivity contribution in [2.75, 3.05) is 27.9 Å². The quantitative estimate of drug-likeness (QED) is 0.450. The van der Waals surface area contributed by atoms with Crippen molar-refractivity contribution in [3.05, 3.63) is 52.8 Å². The fourth-order valence-corrected chi connectivity index (χ4v) is 6.95. The van der Waals surface area contributed by atoms with Crippen LogP contribution in [-0.4, -0.2) is 57.1 Å². The Labute approximate surface area is 209 Å². The molecule has 2 aromatic carbocycles. The first-order valence-electron chi connectivity index (χ1n) is 11.7. The first-order chi connectivity index (χ1) is 16.9. The molecule has 1 aliphatic carbocycles. The minimum atomic E-state index is -3.62. The van der Waals surface area contributed by atoms with Gasteiger partial charge in [-0.15, -0.1) is 0 Å². The van der Waals surface area contributed by atoms with Crippen LogP contribution in [0.1, 0.15) is 42.5 Å². The van der Waals surface area contributed by atoms with Gasteiger partial charge in [-0.3, -0.25) is 4.79 Å². The Kier molecular flexibility index (Phi) is 8.05. The number of carbonyl (C=O) groups excluding carboxylic acids is 1. The predicted molar refractivity (Wildman–Crippen MR) is 136 cm³/mol. The average molecular weight is 518 g/mol. The standard InChI is InChI=1S/C25H31N3O5S2/c1-27(19-8-5-4-6-9-19)35(30,31)20-14-12-18(13-15-20)24(29)26-25-28(16-17-32-2)23-21(33-3)10-7-11-22(23)34-25/h7,10-15,19H,4-6,8-9,16-17H2,1-3H3. The van der Waals surface area contributed by atoms with E-state index in [1.807, 2.05) is 22.8 Å². The number of carbonyl (C=O) groups is 1. The molecule has 0 atom stereocenters. The van der Waals surface area contributed by atoms with Crippen molar-refractivity contribution in [2.24, 2.45) is 4.99 Å². The molecule has 188 valence electrons. The summed E-state index contributed by atoms with van der Waals surface area (Å²) >= 11 is 1.39. The van der Waals surface area contributed by atoms with Gasteiger partial charge in [0.15, 0.2) is 4.80 Å². The van der Waals surface area contributed by atoms with Gasteiger partial charge in [0.2, 0.25) is 10.0 Å². The van der Waals surface area contributed by atoms with E-state index in [2.05, 4.69) is 4.99 Å². The van der Waals surface area contributed by atoms with Gasteiger partial charge in [0.1, 0.15) is 11.3 Å². The number of amides is 1. The second kappa shape index (κ2) is 11.0. The fraction of sp³-hybridized carbons (Fsp3) is 0.440. The summed E-state index contributed by atoms with van der Waals surface area (Å²) in [6, 6.07) is 11.8. The number of benzene rings is 2. The van der Waals surface area contributed by atoms with Gasteiger partial charge in [0.05, 0.1) is 23.3 Å². The normalized spacial score (nSPS) is 15.7. The van der Waals surface area contributed by atoms with Gasteiger partial charge in [0, 0.05) is 32.3 Å². The fourth-order valence-electron chi connectivity index (χ4n) is 4.47. The number of para-hydroxylation sites is 1. The maximum atomic E-state index is 13.1. The summed E-state index contributed by atoms with van der Waals surface area (Å²) in [6.45, 7) is 0.958. The number of nitrogens with zero attached hydrogens (tertiary/aromatic N) is 3. The molecule has 1 fully saturated rings. The zero-order valence-electron chi connectivity index (χ0n) is 20.3. The van der Waals surface area contributed by atoms with E-state index in [0.717, 1.165) is 42.3 Å². The lowest BCUT2D eigenvalue weighted by Crippen LogP contribution is -2.38. The Morgan fingerprint density at radius 3 is 2.49 bits per heavy atom. The lowest BCUT2D eigenvalue weighted by Gasteiger charge is -2.30. The minimum Gasteiger partial charge on any atom is -0.495 e. The molecule has 10 heteroatoms. The summed E-state index contributed by atoms with van der Waals surface area (Å²) in [5, 5.41) is 0. The highest BCUT2D eigenvalue weighted by atomic mass is 32.2. The molecule has 0 saturated heterocycles. The van der Waals surface area contributed by atoms with Crippen molar-refractivity contribution < 1.29 is 22.7 Å². The van der Waals surface area contributed by atoms with Crippen LogP contribution in [0, 0.1) is 0 Å². The molecule has 1 saturated carbocycles. The zero-order chi connectivity index (χ0) is 25.0. The summed E-state index contributed by atoms with van der Waals surface area (Å²) in [7, 11) is 1.25. The van der Waals surface area contributed by atoms with E-state index in [-0.39, 0.29) is 10.9 Å². The third kappa shape index (κ3) is 5.35. The number of rotatable bonds is 8. The maximum absolute atomic E-state index is 13.1. The summed E-state index contributed by atoms with van der Waals surface area (Å²) in [5.74, 6) is 0.256. The number of fused-ring (bicyclic) bond motifs is 1. The molecule has 1 amide bonds. The first kappa shape index (κ1) is 25.6. The van der Waals surface area contributed by atoms with Crippen LogP contribution in [-0.2, 0) is 21.3 Å². The van der Waals surface area contributed by atoms with Gasteiger partial charge < -0.3 is 14.0 Å². The molecule has 1 heterocycles. The average Bonchev–Trinajstić information content (AvgIpc) is 3.24. The molecule has 1 aromatic heterocycles. The highest BCUT2D eigenvalue weighted by Gasteiger charge is 2.29. The number of methoxy groups -OCH3 is 2. The van der Waals surface area contributed by atoms with E-state index in [4.69, 9.17) is 9.47 Å². The van der Waals surface area contributed by atoms with Crippen molar-refractivity contribution in [1.82, 2.24) is 8.87 Å². The number of thiazole rings is 1. The van der Waals surface area contributed by atoms with Gasteiger partial charge in [0.25, 0.3) is 5.91 Å². The van der Waals surface area contributed by atoms with E-state index in [0.29, 0.717) is 29.3 Å². The van der Waals surface area contributed by atoms with Crippen LogP contribution in [0.25, 0.3) is 10.2 Å². The number of hydrogen-bond donors (Lipinski definition) is 0. The highest BCUT2D eigenvalue weighted by Crippen LogP contribution is 2.28. The molecular weight excluding hydrogens is 486 g/mol. The van der Waals surface area contributed by atoms with E-state index >= 15 is 0 Å². The summed E-state index contributed by atoms with van der Waals surface area (Å²) in [5.41, 5.74) is 1.18. The zero-order valence-corrected chi connectivity index (χ0v) is 21.9. The van der Waals surface area contributed by atoms with Crippen LogP contribution >= 0.6 is 11.3 Å². The first-order valence-corrected chi connectivity index (χ1v) is 13.9. The van der Waals surface area contributed by atoms with Gasteiger partial charge in [-0.05, 0) is 49.2 Å². The van der Waals surface area contributed by atoms with Crippen molar-refractivity contribution >= 4 is 37.5 Å². The van der Waals surface area contributed by atoms with Crippen LogP contribution in [0.5, 0.6) is 5.75 Å². The number of sulfonamides is 1. The number of ether oxygens (including phenoxy) is 2. The molecule has 0 radical (unpaired) electrons. The third-order valence-corrected chi connectivity index (χ3v) is 9.44. The number of hydrogen-bond acceptors (Lipinski definition) is 6. The van der Waals surface area contributed by atoms with E-state index < -0.39 is 15.9 Å². The summed E-state index contributed by atoms with van der Waals surface area (Å²) in [4.78, 5) is 18.1. The monoisotopic (exact) mass is 517 g/mol. The summed E-state index contributed by atoms with van der Waals surface area (Å²) in [6.07, 6.45) is 5.02. The highest BCUT2D eigenvalue weighted by molar-refractivity contribution is 7.89. The molecule has 0 unspecified atom stereocenters. The predicted octanol–water partition coefficient (Wildman–Crippen LogP) is 4.05. The molecule has 0 spiro atoms. The summed E-state index contributed by atoms with van der Waals surface area (Å²) < 4.78 is 41.3. The molecule has 1 aliphatic rings. The van der Waals surface area contributed by atoms with Crippen LogP contribution in [0.2, 0.25) is 0 Å². The molecule has 0 aliphatic heterocycles. The third-order valence-electron chi connectivity index (χ3n) is 6.47. The van der Waals surface area contributed by atoms with Crippen molar-refractivity contribution in [2.45, 2.75) is 49.6 Å². The SMILES string of the molecule is COCCn1c(=NC(=O)c2ccc(S(=O)(=O)N(C)C3CCCCC3)cc2)sc2cccc(OC)c21. The lowest BCUT2D eigenvalue weighted by molar-refractivity contribution is 0.0997. The maximum Gasteiger partial charge on any atom is 0.279 e. The van der Waals surface area contributed by atoms with Crippen LogP contribution < -0.4 is 9.54 Å². The van der Waals surface area contributed by atoms with Gasteiger partial charge in [-0.1, -0.05) is 36.7 Å². The van der Waals surface area contributed by atoms with Crippen LogP contribution in [0.4, 0.5) is 0 Å². The van der Waals surface area contributed by atoms with Crippen molar-refractivity contribution in [3.63, 3.8) is 0 Å². The Morgan fingerprint density at radius 2 is 1.83 bits per heavy atom. The van der Waals surface area contributed by atoms with E-state index in [1.165, 1.54) is 39.9 Å². The van der Waals surface area contributed by atoms with Gasteiger partial charge in [-0.25, -0.2) is 8.42 Å². The molecule has 0 bridgehead atoms. The Hall–Kier alpha value is -2.53. The Morgan fingerprint density at radius 1 is 1.11 bits per heavy atom. The van der Waals surface area contributed by atoms with Crippen molar-refractivity contribution in [3.8, 4) is 5.75 Å². The molecule has 0 N–H and O–H groups in total. The van der Waals surface area contributed by atoms with Crippen LogP contribution in [0.3, 0.4) is 0 Å². The van der Waals surface area contributed by atoms with Gasteiger partial charge >= 0.3 is 0 Å². The number of aromatic nitrogens is 1.